The van der Waals surface area contributed by atoms with E-state index in [1.54, 1.807) is 12.1 Å². The molecule has 1 aromatic heterocycles. The second-order valence-corrected chi connectivity index (χ2v) is 8.11. The summed E-state index contributed by atoms with van der Waals surface area (Å²) in [5, 5.41) is 13.3. The molecule has 1 aliphatic rings. The molecule has 2 heterocycles. The number of carbonyl (C=O) groups excluding carboxylic acids is 1. The Morgan fingerprint density at radius 3 is 2.67 bits per heavy atom. The molecule has 0 saturated carbocycles. The van der Waals surface area contributed by atoms with E-state index in [2.05, 4.69) is 15.3 Å². The summed E-state index contributed by atoms with van der Waals surface area (Å²) >= 11 is 1.40. The average Bonchev–Trinajstić information content (AvgIpc) is 2.72. The summed E-state index contributed by atoms with van der Waals surface area (Å²) in [5.41, 5.74) is 3.03. The van der Waals surface area contributed by atoms with Gasteiger partial charge in [-0.3, -0.25) is 9.59 Å². The van der Waals surface area contributed by atoms with E-state index >= 15 is 0 Å². The van der Waals surface area contributed by atoms with Crippen LogP contribution in [0.3, 0.4) is 0 Å². The number of aromatic amines is 1. The monoisotopic (exact) mass is 423 g/mol. The van der Waals surface area contributed by atoms with Crippen molar-refractivity contribution in [3.8, 4) is 11.5 Å². The molecule has 0 spiro atoms. The van der Waals surface area contributed by atoms with E-state index in [0.29, 0.717) is 27.8 Å². The van der Waals surface area contributed by atoms with Crippen molar-refractivity contribution in [2.24, 2.45) is 0 Å². The number of fused-ring (bicyclic) bond motifs is 1. The Labute approximate surface area is 177 Å². The zero-order chi connectivity index (χ0) is 21.3. The number of nitrogens with zero attached hydrogens (tertiary/aromatic N) is 1. The third-order valence-corrected chi connectivity index (χ3v) is 5.98. The fourth-order valence-electron chi connectivity index (χ4n) is 3.46. The van der Waals surface area contributed by atoms with Crippen LogP contribution in [-0.2, 0) is 10.5 Å². The fraction of sp³-hybridized carbons (Fsp3) is 0.227. The number of rotatable bonds is 5. The van der Waals surface area contributed by atoms with Crippen molar-refractivity contribution in [2.45, 2.75) is 30.2 Å². The van der Waals surface area contributed by atoms with Gasteiger partial charge in [-0.1, -0.05) is 47.7 Å². The lowest BCUT2D eigenvalue weighted by atomic mass is 9.86. The Balaban J connectivity index is 1.65. The summed E-state index contributed by atoms with van der Waals surface area (Å²) in [6.45, 7) is 2.03. The molecule has 3 N–H and O–H groups in total. The lowest BCUT2D eigenvalue weighted by Crippen LogP contribution is -2.31. The van der Waals surface area contributed by atoms with E-state index in [0.717, 1.165) is 5.56 Å². The molecule has 3 aromatic rings. The summed E-state index contributed by atoms with van der Waals surface area (Å²) in [6, 6.07) is 13.0. The fourth-order valence-corrected chi connectivity index (χ4v) is 4.28. The van der Waals surface area contributed by atoms with Crippen LogP contribution in [0.15, 0.2) is 52.4 Å². The van der Waals surface area contributed by atoms with Crippen LogP contribution in [0.4, 0.5) is 5.82 Å². The van der Waals surface area contributed by atoms with Gasteiger partial charge in [0.15, 0.2) is 16.7 Å². The quantitative estimate of drug-likeness (QED) is 0.428. The highest BCUT2D eigenvalue weighted by Crippen LogP contribution is 2.38. The van der Waals surface area contributed by atoms with Crippen LogP contribution in [-0.4, -0.2) is 28.1 Å². The number of hydrogen-bond acceptors (Lipinski definition) is 6. The number of phenols is 1. The van der Waals surface area contributed by atoms with Gasteiger partial charge in [-0.2, -0.15) is 0 Å². The number of anilines is 1. The van der Waals surface area contributed by atoms with Gasteiger partial charge in [-0.05, 0) is 30.2 Å². The Morgan fingerprint density at radius 1 is 1.20 bits per heavy atom. The van der Waals surface area contributed by atoms with Crippen molar-refractivity contribution in [1.82, 2.24) is 9.97 Å². The predicted octanol–water partition coefficient (Wildman–Crippen LogP) is 3.56. The third-order valence-electron chi connectivity index (χ3n) is 5.03. The van der Waals surface area contributed by atoms with Gasteiger partial charge in [0, 0.05) is 18.1 Å². The minimum absolute atomic E-state index is 0.0443. The number of aromatic hydroxyl groups is 1. The van der Waals surface area contributed by atoms with Crippen molar-refractivity contribution in [3.63, 3.8) is 0 Å². The van der Waals surface area contributed by atoms with Crippen LogP contribution in [0.5, 0.6) is 11.5 Å². The molecule has 7 nitrogen and oxygen atoms in total. The number of H-pyrrole nitrogens is 1. The molecule has 0 bridgehead atoms. The van der Waals surface area contributed by atoms with Gasteiger partial charge in [-0.25, -0.2) is 4.98 Å². The average molecular weight is 423 g/mol. The second-order valence-electron chi connectivity index (χ2n) is 7.14. The van der Waals surface area contributed by atoms with E-state index in [1.165, 1.54) is 30.5 Å². The highest BCUT2D eigenvalue weighted by atomic mass is 32.2. The number of phenolic OH excluding ortho intramolecular Hbond substituents is 1. The number of hydrogen-bond donors (Lipinski definition) is 3. The number of aryl methyl sites for hydroxylation is 1. The van der Waals surface area contributed by atoms with Crippen LogP contribution in [0, 0.1) is 6.92 Å². The van der Waals surface area contributed by atoms with Gasteiger partial charge in [0.05, 0.1) is 12.7 Å². The van der Waals surface area contributed by atoms with E-state index in [9.17, 15) is 14.7 Å². The first kappa shape index (κ1) is 20.0. The Bertz CT molecular complexity index is 1160. The van der Waals surface area contributed by atoms with E-state index in [4.69, 9.17) is 4.74 Å². The van der Waals surface area contributed by atoms with Crippen molar-refractivity contribution >= 4 is 23.5 Å². The maximum absolute atomic E-state index is 12.9. The maximum Gasteiger partial charge on any atom is 0.257 e. The van der Waals surface area contributed by atoms with Gasteiger partial charge in [0.1, 0.15) is 5.82 Å². The zero-order valence-corrected chi connectivity index (χ0v) is 17.4. The lowest BCUT2D eigenvalue weighted by Gasteiger charge is -2.24. The van der Waals surface area contributed by atoms with Gasteiger partial charge in [-0.15, -0.1) is 0 Å². The minimum Gasteiger partial charge on any atom is -0.504 e. The van der Waals surface area contributed by atoms with Gasteiger partial charge >= 0.3 is 0 Å². The zero-order valence-electron chi connectivity index (χ0n) is 16.6. The Hall–Kier alpha value is -3.26. The molecule has 1 atom stereocenters. The van der Waals surface area contributed by atoms with Crippen LogP contribution >= 0.6 is 11.8 Å². The normalized spacial score (nSPS) is 15.4. The topological polar surface area (TPSA) is 104 Å². The van der Waals surface area contributed by atoms with E-state index in [1.807, 2.05) is 31.2 Å². The number of amides is 1. The van der Waals surface area contributed by atoms with Crippen LogP contribution in [0.25, 0.3) is 0 Å². The molecule has 8 heteroatoms. The lowest BCUT2D eigenvalue weighted by molar-refractivity contribution is -0.116. The molecule has 0 radical (unpaired) electrons. The van der Waals surface area contributed by atoms with Gasteiger partial charge in [0.2, 0.25) is 5.91 Å². The summed E-state index contributed by atoms with van der Waals surface area (Å²) < 4.78 is 5.07. The SMILES string of the molecule is COc1ccc([C@@H]2CC(=O)Nc3nc(SCc4ccc(C)cc4)[nH]c(=O)c32)cc1O. The number of benzene rings is 2. The number of thioether (sulfide) groups is 1. The summed E-state index contributed by atoms with van der Waals surface area (Å²) in [5.74, 6) is 0.465. The Morgan fingerprint density at radius 2 is 1.97 bits per heavy atom. The number of nitrogens with one attached hydrogen (secondary N) is 2. The maximum atomic E-state index is 12.9. The molecule has 0 saturated heterocycles. The first-order chi connectivity index (χ1) is 14.4. The van der Waals surface area contributed by atoms with Crippen molar-refractivity contribution in [1.29, 1.82) is 0 Å². The largest absolute Gasteiger partial charge is 0.504 e. The summed E-state index contributed by atoms with van der Waals surface area (Å²) in [6.07, 6.45) is 0.0966. The molecule has 30 heavy (non-hydrogen) atoms. The molecule has 0 unspecified atom stereocenters. The first-order valence-electron chi connectivity index (χ1n) is 9.44. The highest BCUT2D eigenvalue weighted by molar-refractivity contribution is 7.98. The van der Waals surface area contributed by atoms with E-state index in [-0.39, 0.29) is 29.5 Å². The molecule has 0 fully saturated rings. The first-order valence-corrected chi connectivity index (χ1v) is 10.4. The minimum atomic E-state index is -0.502. The number of ether oxygens (including phenoxy) is 1. The molecular weight excluding hydrogens is 402 g/mol. The molecule has 4 rings (SSSR count). The van der Waals surface area contributed by atoms with Crippen LogP contribution in [0.1, 0.15) is 34.6 Å². The van der Waals surface area contributed by atoms with Crippen LogP contribution < -0.4 is 15.6 Å². The summed E-state index contributed by atoms with van der Waals surface area (Å²) in [7, 11) is 1.46. The number of aromatic nitrogens is 2. The number of methoxy groups -OCH3 is 1. The number of carbonyl (C=O) groups is 1. The second kappa shape index (κ2) is 8.23. The van der Waals surface area contributed by atoms with Crippen LogP contribution in [0.2, 0.25) is 0 Å². The highest BCUT2D eigenvalue weighted by Gasteiger charge is 2.31. The molecule has 154 valence electrons. The van der Waals surface area contributed by atoms with E-state index < -0.39 is 5.92 Å². The standard InChI is InChI=1S/C22H21N3O4S/c1-12-3-5-13(6-4-12)11-30-22-24-20-19(21(28)25-22)15(10-18(27)23-20)14-7-8-17(29-2)16(26)9-14/h3-9,15,26H,10-11H2,1-2H3,(H2,23,24,25,27,28)/t15-/m0/s1. The Kier molecular flexibility index (Phi) is 5.50. The molecule has 1 aliphatic heterocycles. The molecule has 1 amide bonds. The molecule has 0 aliphatic carbocycles. The van der Waals surface area contributed by atoms with Gasteiger partial charge in [0.25, 0.3) is 5.56 Å². The van der Waals surface area contributed by atoms with Gasteiger partial charge < -0.3 is 20.1 Å². The van der Waals surface area contributed by atoms with Crippen molar-refractivity contribution in [2.75, 3.05) is 12.4 Å². The molecular formula is C22H21N3O4S. The smallest absolute Gasteiger partial charge is 0.257 e. The molecule has 2 aromatic carbocycles. The summed E-state index contributed by atoms with van der Waals surface area (Å²) in [4.78, 5) is 32.5. The van der Waals surface area contributed by atoms with Crippen molar-refractivity contribution < 1.29 is 14.6 Å². The predicted molar refractivity (Wildman–Crippen MR) is 115 cm³/mol. The third kappa shape index (κ3) is 4.04. The van der Waals surface area contributed by atoms with Crippen molar-refractivity contribution in [3.05, 3.63) is 75.1 Å².